The van der Waals surface area contributed by atoms with E-state index in [4.69, 9.17) is 4.98 Å². The topological polar surface area (TPSA) is 35.6 Å². The second kappa shape index (κ2) is 8.02. The number of unbranched alkanes of at least 4 members (excludes halogenated alkanes) is 2. The van der Waals surface area contributed by atoms with Gasteiger partial charge in [0, 0.05) is 31.2 Å². The molecule has 0 saturated heterocycles. The van der Waals surface area contributed by atoms with Gasteiger partial charge in [-0.15, -0.1) is 6.58 Å². The first-order valence-corrected chi connectivity index (χ1v) is 9.03. The third-order valence-electron chi connectivity index (χ3n) is 3.75. The second-order valence-electron chi connectivity index (χ2n) is 5.46. The number of allylic oxidation sites excluding steroid dienone is 1. The Kier molecular flexibility index (Phi) is 5.53. The molecule has 0 bridgehead atoms. The van der Waals surface area contributed by atoms with Crippen LogP contribution in [0.1, 0.15) is 19.3 Å². The van der Waals surface area contributed by atoms with Crippen molar-refractivity contribution in [2.75, 3.05) is 5.75 Å². The fraction of sp³-hybridized carbons (Fsp3) is 0.333. The van der Waals surface area contributed by atoms with E-state index in [1.807, 2.05) is 47.0 Å². The van der Waals surface area contributed by atoms with Gasteiger partial charge in [-0.25, -0.2) is 4.98 Å². The van der Waals surface area contributed by atoms with Gasteiger partial charge in [0.2, 0.25) is 0 Å². The highest BCUT2D eigenvalue weighted by atomic mass is 32.2. The molecule has 0 aliphatic carbocycles. The summed E-state index contributed by atoms with van der Waals surface area (Å²) in [5.74, 6) is 1.10. The molecule has 0 spiro atoms. The molecule has 3 rings (SSSR count). The molecule has 0 unspecified atom stereocenters. The Morgan fingerprint density at radius 2 is 2.04 bits per heavy atom. The maximum Gasteiger partial charge on any atom is 0.169 e. The molecule has 1 aromatic carbocycles. The first-order chi connectivity index (χ1) is 11.4. The number of thioether (sulfide) groups is 1. The third kappa shape index (κ3) is 4.05. The molecular formula is C18H22N4S. The number of aromatic nitrogens is 4. The number of imidazole rings is 1. The van der Waals surface area contributed by atoms with E-state index in [1.165, 1.54) is 24.8 Å². The van der Waals surface area contributed by atoms with Gasteiger partial charge in [0.25, 0.3) is 0 Å². The van der Waals surface area contributed by atoms with Crippen LogP contribution in [0.3, 0.4) is 0 Å². The van der Waals surface area contributed by atoms with E-state index in [-0.39, 0.29) is 0 Å². The van der Waals surface area contributed by atoms with Crippen LogP contribution in [0, 0.1) is 0 Å². The molecule has 2 heterocycles. The minimum Gasteiger partial charge on any atom is -0.315 e. The van der Waals surface area contributed by atoms with Crippen molar-refractivity contribution in [3.05, 3.63) is 55.4 Å². The zero-order valence-corrected chi connectivity index (χ0v) is 14.1. The van der Waals surface area contributed by atoms with Crippen molar-refractivity contribution in [3.63, 3.8) is 0 Å². The van der Waals surface area contributed by atoms with Crippen molar-refractivity contribution < 1.29 is 0 Å². The molecular weight excluding hydrogens is 304 g/mol. The minimum atomic E-state index is 0.808. The summed E-state index contributed by atoms with van der Waals surface area (Å²) in [6, 6.07) is 10.3. The molecule has 0 N–H and O–H groups in total. The van der Waals surface area contributed by atoms with Crippen molar-refractivity contribution >= 4 is 22.8 Å². The summed E-state index contributed by atoms with van der Waals surface area (Å²) >= 11 is 1.84. The smallest absolute Gasteiger partial charge is 0.169 e. The molecule has 120 valence electrons. The van der Waals surface area contributed by atoms with Crippen molar-refractivity contribution in [2.24, 2.45) is 0 Å². The summed E-state index contributed by atoms with van der Waals surface area (Å²) in [4.78, 5) is 4.75. The predicted octanol–water partition coefficient (Wildman–Crippen LogP) is 4.38. The normalized spacial score (nSPS) is 11.1. The zero-order valence-electron chi connectivity index (χ0n) is 13.3. The number of para-hydroxylation sites is 2. The molecule has 0 saturated carbocycles. The number of nitrogens with zero attached hydrogens (tertiary/aromatic N) is 4. The van der Waals surface area contributed by atoms with Crippen LogP contribution in [0.25, 0.3) is 11.0 Å². The van der Waals surface area contributed by atoms with Gasteiger partial charge in [0.15, 0.2) is 5.16 Å². The van der Waals surface area contributed by atoms with Crippen LogP contribution in [-0.2, 0) is 13.1 Å². The standard InChI is InChI=1S/C18H22N4S/c1-2-12-22-17-10-5-4-9-16(17)20-18(22)23-15-7-3-6-13-21-14-8-11-19-21/h2,4-5,8-11,14H,1,3,6-7,12-13,15H2. The fourth-order valence-corrected chi connectivity index (χ4v) is 3.64. The SMILES string of the molecule is C=CCn1c(SCCCCCn2cccn2)nc2ccccc21. The van der Waals surface area contributed by atoms with E-state index in [0.717, 1.165) is 29.5 Å². The van der Waals surface area contributed by atoms with Crippen LogP contribution in [-0.4, -0.2) is 25.1 Å². The Morgan fingerprint density at radius 1 is 1.13 bits per heavy atom. The van der Waals surface area contributed by atoms with Crippen LogP contribution in [0.5, 0.6) is 0 Å². The number of benzene rings is 1. The lowest BCUT2D eigenvalue weighted by Gasteiger charge is -2.06. The van der Waals surface area contributed by atoms with Gasteiger partial charge in [0.1, 0.15) is 0 Å². The summed E-state index contributed by atoms with van der Waals surface area (Å²) < 4.78 is 4.24. The van der Waals surface area contributed by atoms with Crippen LogP contribution >= 0.6 is 11.8 Å². The van der Waals surface area contributed by atoms with Crippen molar-refractivity contribution in [3.8, 4) is 0 Å². The molecule has 0 fully saturated rings. The van der Waals surface area contributed by atoms with Crippen molar-refractivity contribution in [1.82, 2.24) is 19.3 Å². The van der Waals surface area contributed by atoms with Gasteiger partial charge in [0.05, 0.1) is 11.0 Å². The highest BCUT2D eigenvalue weighted by molar-refractivity contribution is 7.99. The Labute approximate surface area is 141 Å². The Balaban J connectivity index is 1.50. The van der Waals surface area contributed by atoms with Gasteiger partial charge < -0.3 is 4.57 Å². The first kappa shape index (κ1) is 15.9. The number of aryl methyl sites for hydroxylation is 1. The molecule has 0 atom stereocenters. The lowest BCUT2D eigenvalue weighted by molar-refractivity contribution is 0.554. The van der Waals surface area contributed by atoms with Crippen LogP contribution in [0.15, 0.2) is 60.5 Å². The maximum absolute atomic E-state index is 4.75. The van der Waals surface area contributed by atoms with Crippen LogP contribution in [0.4, 0.5) is 0 Å². The predicted molar refractivity (Wildman–Crippen MR) is 96.7 cm³/mol. The van der Waals surface area contributed by atoms with Gasteiger partial charge >= 0.3 is 0 Å². The summed E-state index contributed by atoms with van der Waals surface area (Å²) in [5, 5.41) is 5.32. The van der Waals surface area contributed by atoms with E-state index in [1.54, 1.807) is 0 Å². The molecule has 2 aromatic heterocycles. The second-order valence-corrected chi connectivity index (χ2v) is 6.52. The van der Waals surface area contributed by atoms with Gasteiger partial charge in [-0.2, -0.15) is 5.10 Å². The average molecular weight is 326 g/mol. The van der Waals surface area contributed by atoms with Crippen molar-refractivity contribution in [1.29, 1.82) is 0 Å². The number of hydrogen-bond donors (Lipinski definition) is 0. The largest absolute Gasteiger partial charge is 0.315 e. The monoisotopic (exact) mass is 326 g/mol. The molecule has 4 nitrogen and oxygen atoms in total. The molecule has 0 radical (unpaired) electrons. The number of hydrogen-bond acceptors (Lipinski definition) is 3. The van der Waals surface area contributed by atoms with E-state index < -0.39 is 0 Å². The van der Waals surface area contributed by atoms with Crippen LogP contribution < -0.4 is 0 Å². The fourth-order valence-electron chi connectivity index (χ4n) is 2.62. The molecule has 5 heteroatoms. The quantitative estimate of drug-likeness (QED) is 0.332. The van der Waals surface area contributed by atoms with E-state index >= 15 is 0 Å². The minimum absolute atomic E-state index is 0.808. The van der Waals surface area contributed by atoms with E-state index in [0.29, 0.717) is 0 Å². The van der Waals surface area contributed by atoms with E-state index in [9.17, 15) is 0 Å². The van der Waals surface area contributed by atoms with Crippen molar-refractivity contribution in [2.45, 2.75) is 37.5 Å². The summed E-state index contributed by atoms with van der Waals surface area (Å²) in [7, 11) is 0. The number of rotatable bonds is 9. The van der Waals surface area contributed by atoms with E-state index in [2.05, 4.69) is 34.4 Å². The lowest BCUT2D eigenvalue weighted by atomic mass is 10.2. The summed E-state index contributed by atoms with van der Waals surface area (Å²) in [6.07, 6.45) is 9.37. The number of fused-ring (bicyclic) bond motifs is 1. The van der Waals surface area contributed by atoms with Crippen LogP contribution in [0.2, 0.25) is 0 Å². The van der Waals surface area contributed by atoms with Gasteiger partial charge in [-0.3, -0.25) is 4.68 Å². The highest BCUT2D eigenvalue weighted by Crippen LogP contribution is 2.25. The van der Waals surface area contributed by atoms with Gasteiger partial charge in [-0.05, 0) is 31.0 Å². The van der Waals surface area contributed by atoms with Gasteiger partial charge in [-0.1, -0.05) is 36.4 Å². The molecule has 0 amide bonds. The Morgan fingerprint density at radius 3 is 2.87 bits per heavy atom. The third-order valence-corrected chi connectivity index (χ3v) is 4.82. The summed E-state index contributed by atoms with van der Waals surface area (Å²) in [5.41, 5.74) is 2.25. The Bertz CT molecular complexity index is 746. The highest BCUT2D eigenvalue weighted by Gasteiger charge is 2.09. The first-order valence-electron chi connectivity index (χ1n) is 8.05. The molecule has 3 aromatic rings. The maximum atomic E-state index is 4.75. The molecule has 23 heavy (non-hydrogen) atoms. The average Bonchev–Trinajstić information content (AvgIpc) is 3.20. The summed E-state index contributed by atoms with van der Waals surface area (Å²) in [6.45, 7) is 5.68. The zero-order chi connectivity index (χ0) is 15.9. The molecule has 0 aliphatic heterocycles. The Hall–Kier alpha value is -2.01. The molecule has 0 aliphatic rings. The lowest BCUT2D eigenvalue weighted by Crippen LogP contribution is -1.99.